The molecule has 3 rings (SSSR count). The monoisotopic (exact) mass is 326 g/mol. The van der Waals surface area contributed by atoms with Gasteiger partial charge in [0.25, 0.3) is 0 Å². The van der Waals surface area contributed by atoms with Gasteiger partial charge in [-0.15, -0.1) is 0 Å². The summed E-state index contributed by atoms with van der Waals surface area (Å²) < 4.78 is 1.76. The highest BCUT2D eigenvalue weighted by Gasteiger charge is 2.08. The molecule has 1 aromatic carbocycles. The lowest BCUT2D eigenvalue weighted by Gasteiger charge is -2.04. The number of aromatic nitrogens is 3. The van der Waals surface area contributed by atoms with Crippen LogP contribution in [0.3, 0.4) is 0 Å². The molecule has 0 unspecified atom stereocenters. The minimum Gasteiger partial charge on any atom is -0.309 e. The molecule has 6 heteroatoms. The first-order valence-electron chi connectivity index (χ1n) is 7.16. The van der Waals surface area contributed by atoms with Gasteiger partial charge in [0.2, 0.25) is 5.91 Å². The number of nitrogens with zero attached hydrogens (tertiary/aromatic N) is 3. The van der Waals surface area contributed by atoms with Gasteiger partial charge in [-0.25, -0.2) is 0 Å². The topological polar surface area (TPSA) is 59.8 Å². The van der Waals surface area contributed by atoms with Crippen molar-refractivity contribution in [3.63, 3.8) is 0 Å². The Bertz CT molecular complexity index is 801. The minimum atomic E-state index is -0.146. The minimum absolute atomic E-state index is 0.146. The molecule has 0 spiro atoms. The summed E-state index contributed by atoms with van der Waals surface area (Å²) in [6.45, 7) is 0.628. The van der Waals surface area contributed by atoms with Crippen LogP contribution in [0.4, 0.5) is 5.82 Å². The highest BCUT2D eigenvalue weighted by Crippen LogP contribution is 2.16. The summed E-state index contributed by atoms with van der Waals surface area (Å²) in [5, 5.41) is 7.71. The van der Waals surface area contributed by atoms with Crippen molar-refractivity contribution < 1.29 is 4.79 Å². The van der Waals surface area contributed by atoms with E-state index < -0.39 is 0 Å². The Morgan fingerprint density at radius 2 is 1.91 bits per heavy atom. The number of carbonyl (C=O) groups is 1. The molecule has 2 aromatic heterocycles. The predicted octanol–water partition coefficient (Wildman–Crippen LogP) is 3.16. The summed E-state index contributed by atoms with van der Waals surface area (Å²) in [7, 11) is 0. The number of pyridine rings is 1. The highest BCUT2D eigenvalue weighted by molar-refractivity contribution is 6.31. The molecule has 5 nitrogen and oxygen atoms in total. The Hall–Kier alpha value is -2.66. The third kappa shape index (κ3) is 4.17. The number of benzene rings is 1. The van der Waals surface area contributed by atoms with Crippen molar-refractivity contribution >= 4 is 23.3 Å². The van der Waals surface area contributed by atoms with Crippen molar-refractivity contribution in [1.82, 2.24) is 14.8 Å². The van der Waals surface area contributed by atoms with Crippen molar-refractivity contribution in [2.75, 3.05) is 5.32 Å². The first-order valence-corrected chi connectivity index (χ1v) is 7.54. The molecule has 0 aliphatic carbocycles. The average molecular weight is 327 g/mol. The summed E-state index contributed by atoms with van der Waals surface area (Å²) in [5.74, 6) is 0.378. The van der Waals surface area contributed by atoms with E-state index in [0.29, 0.717) is 17.4 Å². The number of hydrogen-bond acceptors (Lipinski definition) is 3. The van der Waals surface area contributed by atoms with Crippen molar-refractivity contribution in [1.29, 1.82) is 0 Å². The van der Waals surface area contributed by atoms with Crippen molar-refractivity contribution in [2.45, 2.75) is 13.0 Å². The third-order valence-electron chi connectivity index (χ3n) is 3.31. The van der Waals surface area contributed by atoms with Crippen LogP contribution in [0, 0.1) is 0 Å². The maximum Gasteiger partial charge on any atom is 0.230 e. The summed E-state index contributed by atoms with van der Waals surface area (Å²) in [6.07, 6.45) is 5.53. The third-order valence-corrected chi connectivity index (χ3v) is 3.68. The normalized spacial score (nSPS) is 10.5. The van der Waals surface area contributed by atoms with Gasteiger partial charge in [-0.3, -0.25) is 14.5 Å². The number of halogens is 1. The highest BCUT2D eigenvalue weighted by atomic mass is 35.5. The van der Waals surface area contributed by atoms with Gasteiger partial charge in [0, 0.05) is 29.7 Å². The predicted molar refractivity (Wildman–Crippen MR) is 89.4 cm³/mol. The van der Waals surface area contributed by atoms with Crippen LogP contribution >= 0.6 is 11.6 Å². The van der Waals surface area contributed by atoms with Crippen LogP contribution in [0.25, 0.3) is 0 Å². The molecule has 0 atom stereocenters. The second-order valence-electron chi connectivity index (χ2n) is 5.07. The zero-order valence-corrected chi connectivity index (χ0v) is 13.1. The summed E-state index contributed by atoms with van der Waals surface area (Å²) in [4.78, 5) is 16.1. The van der Waals surface area contributed by atoms with Gasteiger partial charge in [0.1, 0.15) is 0 Å². The van der Waals surface area contributed by atoms with Crippen LogP contribution in [0.5, 0.6) is 0 Å². The first kappa shape index (κ1) is 15.2. The van der Waals surface area contributed by atoms with E-state index in [2.05, 4.69) is 15.4 Å². The molecule has 3 aromatic rings. The number of rotatable bonds is 5. The number of hydrogen-bond donors (Lipinski definition) is 1. The lowest BCUT2D eigenvalue weighted by Crippen LogP contribution is -2.15. The standard InChI is InChI=1S/C17H15ClN4O/c18-15-4-2-1-3-14(15)11-17(23)20-16-7-10-22(21-16)12-13-5-8-19-9-6-13/h1-10H,11-12H2,(H,20,21,23). The zero-order valence-electron chi connectivity index (χ0n) is 12.3. The number of amides is 1. The Balaban J connectivity index is 1.60. The fourth-order valence-electron chi connectivity index (χ4n) is 2.19. The summed E-state index contributed by atoms with van der Waals surface area (Å²) in [5.41, 5.74) is 1.89. The van der Waals surface area contributed by atoms with E-state index in [-0.39, 0.29) is 12.3 Å². The Morgan fingerprint density at radius 1 is 1.13 bits per heavy atom. The van der Waals surface area contributed by atoms with Crippen molar-refractivity contribution in [2.24, 2.45) is 0 Å². The Labute approximate surface area is 138 Å². The lowest BCUT2D eigenvalue weighted by molar-refractivity contribution is -0.115. The van der Waals surface area contributed by atoms with E-state index in [0.717, 1.165) is 11.1 Å². The molecule has 0 aliphatic heterocycles. The fourth-order valence-corrected chi connectivity index (χ4v) is 2.40. The molecule has 0 bridgehead atoms. The van der Waals surface area contributed by atoms with Gasteiger partial charge in [-0.1, -0.05) is 29.8 Å². The van der Waals surface area contributed by atoms with Gasteiger partial charge in [-0.2, -0.15) is 5.10 Å². The molecule has 0 radical (unpaired) electrons. The van der Waals surface area contributed by atoms with E-state index in [1.807, 2.05) is 36.5 Å². The van der Waals surface area contributed by atoms with Crippen LogP contribution in [-0.2, 0) is 17.8 Å². The van der Waals surface area contributed by atoms with E-state index in [4.69, 9.17) is 11.6 Å². The molecule has 0 aliphatic rings. The molecule has 2 heterocycles. The second-order valence-corrected chi connectivity index (χ2v) is 5.48. The van der Waals surface area contributed by atoms with E-state index in [1.54, 1.807) is 29.2 Å². The molecular weight excluding hydrogens is 312 g/mol. The van der Waals surface area contributed by atoms with Gasteiger partial charge < -0.3 is 5.32 Å². The number of nitrogens with one attached hydrogen (secondary N) is 1. The molecule has 0 saturated heterocycles. The zero-order chi connectivity index (χ0) is 16.1. The van der Waals surface area contributed by atoms with Crippen LogP contribution in [0.1, 0.15) is 11.1 Å². The van der Waals surface area contributed by atoms with Crippen LogP contribution in [0.15, 0.2) is 61.1 Å². The molecule has 1 amide bonds. The van der Waals surface area contributed by atoms with E-state index in [9.17, 15) is 4.79 Å². The summed E-state index contributed by atoms with van der Waals surface area (Å²) >= 11 is 6.06. The maximum atomic E-state index is 12.1. The summed E-state index contributed by atoms with van der Waals surface area (Å²) in [6, 6.07) is 12.9. The quantitative estimate of drug-likeness (QED) is 0.783. The second kappa shape index (κ2) is 7.07. The van der Waals surface area contributed by atoms with Crippen molar-refractivity contribution in [3.8, 4) is 0 Å². The number of anilines is 1. The maximum absolute atomic E-state index is 12.1. The van der Waals surface area contributed by atoms with Gasteiger partial charge in [0.05, 0.1) is 13.0 Å². The van der Waals surface area contributed by atoms with E-state index >= 15 is 0 Å². The first-order chi connectivity index (χ1) is 11.2. The molecular formula is C17H15ClN4O. The molecule has 116 valence electrons. The van der Waals surface area contributed by atoms with Gasteiger partial charge in [0.15, 0.2) is 5.82 Å². The van der Waals surface area contributed by atoms with Crippen LogP contribution in [0.2, 0.25) is 5.02 Å². The lowest BCUT2D eigenvalue weighted by atomic mass is 10.1. The molecule has 1 N–H and O–H groups in total. The number of carbonyl (C=O) groups excluding carboxylic acids is 1. The molecule has 0 fully saturated rings. The van der Waals surface area contributed by atoms with Gasteiger partial charge in [-0.05, 0) is 29.3 Å². The SMILES string of the molecule is O=C(Cc1ccccc1Cl)Nc1ccn(Cc2ccncc2)n1. The van der Waals surface area contributed by atoms with E-state index in [1.165, 1.54) is 0 Å². The van der Waals surface area contributed by atoms with Gasteiger partial charge >= 0.3 is 0 Å². The van der Waals surface area contributed by atoms with Crippen LogP contribution in [-0.4, -0.2) is 20.7 Å². The molecule has 0 saturated carbocycles. The smallest absolute Gasteiger partial charge is 0.230 e. The Kier molecular flexibility index (Phi) is 4.68. The van der Waals surface area contributed by atoms with Crippen LogP contribution < -0.4 is 5.32 Å². The fraction of sp³-hybridized carbons (Fsp3) is 0.118. The Morgan fingerprint density at radius 3 is 2.70 bits per heavy atom. The molecule has 23 heavy (non-hydrogen) atoms. The largest absolute Gasteiger partial charge is 0.309 e. The van der Waals surface area contributed by atoms with Crippen molar-refractivity contribution in [3.05, 3.63) is 77.2 Å². The average Bonchev–Trinajstić information content (AvgIpc) is 2.97.